The fourth-order valence-corrected chi connectivity index (χ4v) is 3.46. The Bertz CT molecular complexity index is 500. The van der Waals surface area contributed by atoms with E-state index in [9.17, 15) is 4.79 Å². The second-order valence-electron chi connectivity index (χ2n) is 6.35. The fourth-order valence-electron chi connectivity index (χ4n) is 3.46. The second-order valence-corrected chi connectivity index (χ2v) is 6.35. The maximum absolute atomic E-state index is 12.8. The predicted molar refractivity (Wildman–Crippen MR) is 83.6 cm³/mol. The van der Waals surface area contributed by atoms with Crippen molar-refractivity contribution >= 4 is 11.7 Å². The summed E-state index contributed by atoms with van der Waals surface area (Å²) < 4.78 is 5.72. The number of anilines is 1. The first-order valence-electron chi connectivity index (χ1n) is 8.08. The van der Waals surface area contributed by atoms with Crippen LogP contribution < -0.4 is 4.90 Å². The number of hydrogen-bond acceptors (Lipinski definition) is 5. The minimum absolute atomic E-state index is 0.0493. The summed E-state index contributed by atoms with van der Waals surface area (Å²) in [6.45, 7) is 7.14. The first kappa shape index (κ1) is 15.2. The zero-order valence-electron chi connectivity index (χ0n) is 13.3. The Hall–Kier alpha value is -1.69. The van der Waals surface area contributed by atoms with E-state index in [0.717, 1.165) is 31.7 Å². The molecule has 6 nitrogen and oxygen atoms in total. The summed E-state index contributed by atoms with van der Waals surface area (Å²) in [6, 6.07) is 0. The average molecular weight is 304 g/mol. The van der Waals surface area contributed by atoms with Crippen molar-refractivity contribution in [3.63, 3.8) is 0 Å². The Balaban J connectivity index is 1.65. The third-order valence-corrected chi connectivity index (χ3v) is 4.38. The quantitative estimate of drug-likeness (QED) is 0.825. The normalized spacial score (nSPS) is 29.5. The lowest BCUT2D eigenvalue weighted by molar-refractivity contribution is -0.147. The van der Waals surface area contributed by atoms with Crippen LogP contribution in [0.1, 0.15) is 26.7 Å². The highest BCUT2D eigenvalue weighted by molar-refractivity contribution is 5.80. The molecule has 0 aliphatic carbocycles. The Morgan fingerprint density at radius 2 is 2.00 bits per heavy atom. The number of nitrogens with zero attached hydrogens (tertiary/aromatic N) is 4. The molecule has 0 radical (unpaired) electrons. The molecule has 3 atom stereocenters. The molecule has 0 aromatic carbocycles. The maximum atomic E-state index is 12.8. The van der Waals surface area contributed by atoms with E-state index in [1.165, 1.54) is 0 Å². The molecule has 0 saturated carbocycles. The average Bonchev–Trinajstić information content (AvgIpc) is 2.54. The molecule has 2 fully saturated rings. The number of amides is 1. The van der Waals surface area contributed by atoms with Gasteiger partial charge in [-0.2, -0.15) is 0 Å². The van der Waals surface area contributed by atoms with Gasteiger partial charge in [0, 0.05) is 38.6 Å². The minimum atomic E-state index is 0.0493. The summed E-state index contributed by atoms with van der Waals surface area (Å²) in [5.74, 6) is 1.17. The zero-order valence-corrected chi connectivity index (χ0v) is 13.3. The molecular weight excluding hydrogens is 280 g/mol. The summed E-state index contributed by atoms with van der Waals surface area (Å²) in [7, 11) is 0. The van der Waals surface area contributed by atoms with Gasteiger partial charge in [-0.15, -0.1) is 0 Å². The number of piperidine rings is 1. The molecule has 2 aliphatic rings. The third kappa shape index (κ3) is 3.38. The largest absolute Gasteiger partial charge is 0.372 e. The molecule has 0 spiro atoms. The van der Waals surface area contributed by atoms with E-state index in [2.05, 4.69) is 14.9 Å². The zero-order chi connectivity index (χ0) is 15.5. The molecule has 2 saturated heterocycles. The number of carbonyl (C=O) groups is 1. The first-order valence-corrected chi connectivity index (χ1v) is 8.08. The van der Waals surface area contributed by atoms with Crippen molar-refractivity contribution in [1.82, 2.24) is 14.9 Å². The number of ether oxygens (including phenoxy) is 1. The van der Waals surface area contributed by atoms with Gasteiger partial charge >= 0.3 is 0 Å². The van der Waals surface area contributed by atoms with E-state index < -0.39 is 0 Å². The van der Waals surface area contributed by atoms with Crippen LogP contribution in [0.4, 0.5) is 5.82 Å². The Morgan fingerprint density at radius 3 is 2.68 bits per heavy atom. The van der Waals surface area contributed by atoms with Crippen LogP contribution in [-0.4, -0.2) is 59.2 Å². The van der Waals surface area contributed by atoms with Gasteiger partial charge in [0.05, 0.1) is 24.3 Å². The minimum Gasteiger partial charge on any atom is -0.372 e. The second kappa shape index (κ2) is 6.60. The molecule has 2 aliphatic heterocycles. The monoisotopic (exact) mass is 304 g/mol. The molecule has 1 aromatic heterocycles. The molecule has 0 bridgehead atoms. The van der Waals surface area contributed by atoms with Gasteiger partial charge in [-0.1, -0.05) is 0 Å². The molecule has 6 heteroatoms. The SMILES string of the molecule is C[C@@H]1CN(C(=O)[C@@H]2CCCN(c3cnccn3)C2)C[C@H](C)O1. The number of carbonyl (C=O) groups excluding carboxylic acids is 1. The smallest absolute Gasteiger partial charge is 0.227 e. The van der Waals surface area contributed by atoms with E-state index in [1.807, 2.05) is 18.7 Å². The highest BCUT2D eigenvalue weighted by Gasteiger charge is 2.33. The molecule has 1 aromatic rings. The summed E-state index contributed by atoms with van der Waals surface area (Å²) in [4.78, 5) is 25.5. The van der Waals surface area contributed by atoms with Gasteiger partial charge in [-0.05, 0) is 26.7 Å². The molecule has 1 amide bonds. The van der Waals surface area contributed by atoms with Crippen LogP contribution in [0, 0.1) is 5.92 Å². The Labute approximate surface area is 131 Å². The van der Waals surface area contributed by atoms with Crippen LogP contribution in [0.15, 0.2) is 18.6 Å². The van der Waals surface area contributed by atoms with Crippen molar-refractivity contribution in [1.29, 1.82) is 0 Å². The van der Waals surface area contributed by atoms with Gasteiger partial charge < -0.3 is 14.5 Å². The van der Waals surface area contributed by atoms with E-state index in [4.69, 9.17) is 4.74 Å². The van der Waals surface area contributed by atoms with Gasteiger partial charge in [0.1, 0.15) is 5.82 Å². The number of rotatable bonds is 2. The van der Waals surface area contributed by atoms with Crippen molar-refractivity contribution in [2.24, 2.45) is 5.92 Å². The van der Waals surface area contributed by atoms with Crippen molar-refractivity contribution in [3.05, 3.63) is 18.6 Å². The first-order chi connectivity index (χ1) is 10.6. The van der Waals surface area contributed by atoms with Crippen LogP contribution in [0.25, 0.3) is 0 Å². The summed E-state index contributed by atoms with van der Waals surface area (Å²) in [6.07, 6.45) is 7.35. The standard InChI is InChI=1S/C16H24N4O2/c1-12-9-20(10-13(2)22-12)16(21)14-4-3-7-19(11-14)15-8-17-5-6-18-15/h5-6,8,12-14H,3-4,7,9-11H2,1-2H3/t12-,13+,14-/m1/s1. The third-order valence-electron chi connectivity index (χ3n) is 4.38. The highest BCUT2D eigenvalue weighted by atomic mass is 16.5. The maximum Gasteiger partial charge on any atom is 0.227 e. The van der Waals surface area contributed by atoms with Crippen molar-refractivity contribution in [2.75, 3.05) is 31.1 Å². The number of aromatic nitrogens is 2. The van der Waals surface area contributed by atoms with Crippen molar-refractivity contribution in [2.45, 2.75) is 38.9 Å². The lowest BCUT2D eigenvalue weighted by Gasteiger charge is -2.39. The molecule has 0 N–H and O–H groups in total. The molecular formula is C16H24N4O2. The lowest BCUT2D eigenvalue weighted by Crippen LogP contribution is -2.52. The fraction of sp³-hybridized carbons (Fsp3) is 0.688. The van der Waals surface area contributed by atoms with Crippen LogP contribution in [-0.2, 0) is 9.53 Å². The van der Waals surface area contributed by atoms with Gasteiger partial charge in [-0.3, -0.25) is 9.78 Å². The molecule has 0 unspecified atom stereocenters. The topological polar surface area (TPSA) is 58.6 Å². The van der Waals surface area contributed by atoms with Crippen LogP contribution in [0.3, 0.4) is 0 Å². The number of hydrogen-bond donors (Lipinski definition) is 0. The van der Waals surface area contributed by atoms with Crippen LogP contribution >= 0.6 is 0 Å². The van der Waals surface area contributed by atoms with Gasteiger partial charge in [-0.25, -0.2) is 4.98 Å². The van der Waals surface area contributed by atoms with Crippen molar-refractivity contribution in [3.8, 4) is 0 Å². The van der Waals surface area contributed by atoms with Gasteiger partial charge in [0.2, 0.25) is 5.91 Å². The summed E-state index contributed by atoms with van der Waals surface area (Å²) in [5, 5.41) is 0. The van der Waals surface area contributed by atoms with Crippen LogP contribution in [0.2, 0.25) is 0 Å². The molecule has 120 valence electrons. The summed E-state index contributed by atoms with van der Waals surface area (Å²) in [5.41, 5.74) is 0. The van der Waals surface area contributed by atoms with Gasteiger partial charge in [0.15, 0.2) is 0 Å². The number of morpholine rings is 1. The summed E-state index contributed by atoms with van der Waals surface area (Å²) >= 11 is 0. The lowest BCUT2D eigenvalue weighted by atomic mass is 9.96. The van der Waals surface area contributed by atoms with E-state index in [1.54, 1.807) is 18.6 Å². The van der Waals surface area contributed by atoms with E-state index >= 15 is 0 Å². The Morgan fingerprint density at radius 1 is 1.23 bits per heavy atom. The van der Waals surface area contributed by atoms with E-state index in [-0.39, 0.29) is 24.0 Å². The Kier molecular flexibility index (Phi) is 4.57. The molecule has 3 rings (SSSR count). The van der Waals surface area contributed by atoms with Crippen LogP contribution in [0.5, 0.6) is 0 Å². The predicted octanol–water partition coefficient (Wildman–Crippen LogP) is 1.33. The van der Waals surface area contributed by atoms with Crippen molar-refractivity contribution < 1.29 is 9.53 Å². The van der Waals surface area contributed by atoms with Gasteiger partial charge in [0.25, 0.3) is 0 Å². The van der Waals surface area contributed by atoms with E-state index in [0.29, 0.717) is 13.1 Å². The molecule has 22 heavy (non-hydrogen) atoms. The molecule has 3 heterocycles. The highest BCUT2D eigenvalue weighted by Crippen LogP contribution is 2.24.